The minimum Gasteiger partial charge on any atom is -0.494 e. The van der Waals surface area contributed by atoms with Crippen molar-refractivity contribution in [1.82, 2.24) is 0 Å². The summed E-state index contributed by atoms with van der Waals surface area (Å²) in [4.78, 5) is 35.4. The molecule has 0 aliphatic carbocycles. The number of aryl methyl sites for hydroxylation is 1. The van der Waals surface area contributed by atoms with E-state index in [9.17, 15) is 19.5 Å². The summed E-state index contributed by atoms with van der Waals surface area (Å²) in [5, 5.41) is 17.8. The van der Waals surface area contributed by atoms with E-state index in [-0.39, 0.29) is 16.9 Å². The first-order chi connectivity index (χ1) is 18.4. The number of carboxylic acid groups (broad SMARTS) is 1. The number of hydrogen-bond donors (Lipinski definition) is 1. The molecule has 0 bridgehead atoms. The molecular formula is C29H28N2O7. The predicted molar refractivity (Wildman–Crippen MR) is 141 cm³/mol. The Labute approximate surface area is 220 Å². The van der Waals surface area contributed by atoms with Crippen molar-refractivity contribution >= 4 is 29.3 Å². The summed E-state index contributed by atoms with van der Waals surface area (Å²) in [6, 6.07) is 17.9. The molecule has 3 aromatic rings. The first-order valence-corrected chi connectivity index (χ1v) is 12.0. The van der Waals surface area contributed by atoms with E-state index in [4.69, 9.17) is 14.2 Å². The molecule has 0 heterocycles. The average molecular weight is 517 g/mol. The molecule has 1 N–H and O–H groups in total. The second-order valence-corrected chi connectivity index (χ2v) is 8.22. The molecule has 0 saturated heterocycles. The van der Waals surface area contributed by atoms with E-state index in [2.05, 4.69) is 16.8 Å². The summed E-state index contributed by atoms with van der Waals surface area (Å²) < 4.78 is 15.9. The number of carboxylic acids is 1. The highest BCUT2D eigenvalue weighted by Gasteiger charge is 2.17. The van der Waals surface area contributed by atoms with Crippen LogP contribution in [0.2, 0.25) is 0 Å². The number of aromatic carboxylic acids is 1. The Kier molecular flexibility index (Phi) is 10.3. The van der Waals surface area contributed by atoms with Gasteiger partial charge in [-0.1, -0.05) is 24.3 Å². The van der Waals surface area contributed by atoms with E-state index < -0.39 is 17.9 Å². The van der Waals surface area contributed by atoms with Crippen LogP contribution in [0, 0.1) is 6.92 Å². The molecule has 0 spiro atoms. The van der Waals surface area contributed by atoms with E-state index >= 15 is 0 Å². The molecule has 0 saturated carbocycles. The molecule has 0 aliphatic rings. The lowest BCUT2D eigenvalue weighted by Crippen LogP contribution is -2.11. The Balaban J connectivity index is 1.53. The molecule has 0 atom stereocenters. The van der Waals surface area contributed by atoms with E-state index in [0.29, 0.717) is 30.3 Å². The Hall–Kier alpha value is -4.79. The van der Waals surface area contributed by atoms with Crippen molar-refractivity contribution in [2.75, 3.05) is 13.2 Å². The number of nitrogens with zero attached hydrogens (tertiary/aromatic N) is 2. The summed E-state index contributed by atoms with van der Waals surface area (Å²) in [6.45, 7) is 6.10. The molecule has 0 aromatic heterocycles. The van der Waals surface area contributed by atoms with Crippen molar-refractivity contribution < 1.29 is 33.7 Å². The van der Waals surface area contributed by atoms with Crippen LogP contribution in [0.5, 0.6) is 11.5 Å². The van der Waals surface area contributed by atoms with E-state index in [1.54, 1.807) is 24.3 Å². The minimum atomic E-state index is -1.26. The van der Waals surface area contributed by atoms with Crippen LogP contribution < -0.4 is 9.47 Å². The maximum Gasteiger partial charge on any atom is 0.343 e. The maximum absolute atomic E-state index is 12.6. The van der Waals surface area contributed by atoms with Crippen LogP contribution in [0.1, 0.15) is 45.5 Å². The molecular weight excluding hydrogens is 488 g/mol. The van der Waals surface area contributed by atoms with Gasteiger partial charge in [0.25, 0.3) is 0 Å². The van der Waals surface area contributed by atoms with Crippen LogP contribution in [0.15, 0.2) is 89.6 Å². The van der Waals surface area contributed by atoms with Gasteiger partial charge < -0.3 is 19.3 Å². The number of rotatable bonds is 13. The Morgan fingerprint density at radius 2 is 1.53 bits per heavy atom. The fraction of sp³-hybridized carbons (Fsp3) is 0.207. The SMILES string of the molecule is C=CC(=O)OCCCCCOc1ccc(C(=O)Oc2ccc(N=Nc3ccc(C)cc3)cc2C(=O)O)cc1. The molecule has 0 amide bonds. The van der Waals surface area contributed by atoms with Gasteiger partial charge in [-0.3, -0.25) is 0 Å². The van der Waals surface area contributed by atoms with Gasteiger partial charge in [-0.15, -0.1) is 0 Å². The Morgan fingerprint density at radius 1 is 0.868 bits per heavy atom. The van der Waals surface area contributed by atoms with Gasteiger partial charge >= 0.3 is 17.9 Å². The van der Waals surface area contributed by atoms with Gasteiger partial charge in [0.15, 0.2) is 0 Å². The normalized spacial score (nSPS) is 10.7. The smallest absolute Gasteiger partial charge is 0.343 e. The Bertz CT molecular complexity index is 1300. The van der Waals surface area contributed by atoms with Gasteiger partial charge in [0.2, 0.25) is 0 Å². The number of hydrogen-bond acceptors (Lipinski definition) is 8. The number of unbranched alkanes of at least 4 members (excludes halogenated alkanes) is 2. The zero-order valence-corrected chi connectivity index (χ0v) is 21.0. The molecule has 0 unspecified atom stereocenters. The number of benzene rings is 3. The van der Waals surface area contributed by atoms with E-state index in [0.717, 1.165) is 30.9 Å². The van der Waals surface area contributed by atoms with Crippen LogP contribution in [-0.2, 0) is 9.53 Å². The zero-order valence-electron chi connectivity index (χ0n) is 21.0. The lowest BCUT2D eigenvalue weighted by molar-refractivity contribution is -0.137. The summed E-state index contributed by atoms with van der Waals surface area (Å²) >= 11 is 0. The van der Waals surface area contributed by atoms with Crippen molar-refractivity contribution in [2.45, 2.75) is 26.2 Å². The number of ether oxygens (including phenoxy) is 3. The summed E-state index contributed by atoms with van der Waals surface area (Å²) in [5.41, 5.74) is 2.05. The van der Waals surface area contributed by atoms with Gasteiger partial charge in [0.1, 0.15) is 17.1 Å². The highest BCUT2D eigenvalue weighted by molar-refractivity contribution is 5.96. The van der Waals surface area contributed by atoms with Gasteiger partial charge in [-0.05, 0) is 80.8 Å². The third-order valence-corrected chi connectivity index (χ3v) is 5.27. The summed E-state index contributed by atoms with van der Waals surface area (Å²) in [5.74, 6) is -1.92. The first kappa shape index (κ1) is 27.8. The fourth-order valence-corrected chi connectivity index (χ4v) is 3.21. The van der Waals surface area contributed by atoms with E-state index in [1.165, 1.54) is 30.3 Å². The van der Waals surface area contributed by atoms with Crippen molar-refractivity contribution in [1.29, 1.82) is 0 Å². The number of esters is 2. The van der Waals surface area contributed by atoms with Gasteiger partial charge in [0, 0.05) is 6.08 Å². The first-order valence-electron chi connectivity index (χ1n) is 12.0. The topological polar surface area (TPSA) is 124 Å². The number of azo groups is 1. The molecule has 9 nitrogen and oxygen atoms in total. The van der Waals surface area contributed by atoms with Crippen LogP contribution in [0.25, 0.3) is 0 Å². The van der Waals surface area contributed by atoms with Crippen molar-refractivity contribution in [3.8, 4) is 11.5 Å². The van der Waals surface area contributed by atoms with Crippen molar-refractivity contribution in [2.24, 2.45) is 10.2 Å². The monoisotopic (exact) mass is 516 g/mol. The second-order valence-electron chi connectivity index (χ2n) is 8.22. The largest absolute Gasteiger partial charge is 0.494 e. The van der Waals surface area contributed by atoms with Crippen molar-refractivity contribution in [3.63, 3.8) is 0 Å². The maximum atomic E-state index is 12.6. The standard InChI is InChI=1S/C29H28N2O7/c1-3-27(32)37-18-6-4-5-17-36-24-14-9-21(10-15-24)29(35)38-26-16-13-23(19-25(26)28(33)34)31-30-22-11-7-20(2)8-12-22/h3,7-16,19H,1,4-6,17-18H2,2H3,(H,33,34). The predicted octanol–water partition coefficient (Wildman–Crippen LogP) is 6.61. The molecule has 0 radical (unpaired) electrons. The molecule has 0 fully saturated rings. The van der Waals surface area contributed by atoms with Gasteiger partial charge in [-0.2, -0.15) is 10.2 Å². The quantitative estimate of drug-likeness (QED) is 0.0891. The second kappa shape index (κ2) is 14.1. The van der Waals surface area contributed by atoms with Crippen LogP contribution in [0.4, 0.5) is 11.4 Å². The molecule has 9 heteroatoms. The lowest BCUT2D eigenvalue weighted by Gasteiger charge is -2.09. The summed E-state index contributed by atoms with van der Waals surface area (Å²) in [7, 11) is 0. The number of carbonyl (C=O) groups excluding carboxylic acids is 2. The van der Waals surface area contributed by atoms with Gasteiger partial charge in [-0.25, -0.2) is 14.4 Å². The molecule has 0 aliphatic heterocycles. The van der Waals surface area contributed by atoms with Crippen LogP contribution in [-0.4, -0.2) is 36.2 Å². The molecule has 3 rings (SSSR count). The zero-order chi connectivity index (χ0) is 27.3. The average Bonchev–Trinajstić information content (AvgIpc) is 2.92. The van der Waals surface area contributed by atoms with Gasteiger partial charge in [0.05, 0.1) is 30.2 Å². The molecule has 38 heavy (non-hydrogen) atoms. The highest BCUT2D eigenvalue weighted by Crippen LogP contribution is 2.27. The molecule has 3 aromatic carbocycles. The minimum absolute atomic E-state index is 0.101. The number of carbonyl (C=O) groups is 3. The summed E-state index contributed by atoms with van der Waals surface area (Å²) in [6.07, 6.45) is 3.45. The Morgan fingerprint density at radius 3 is 2.21 bits per heavy atom. The van der Waals surface area contributed by atoms with Crippen LogP contribution >= 0.6 is 0 Å². The third kappa shape index (κ3) is 8.70. The van der Waals surface area contributed by atoms with Crippen LogP contribution in [0.3, 0.4) is 0 Å². The lowest BCUT2D eigenvalue weighted by atomic mass is 10.1. The van der Waals surface area contributed by atoms with Crippen molar-refractivity contribution in [3.05, 3.63) is 96.1 Å². The van der Waals surface area contributed by atoms with E-state index in [1.807, 2.05) is 19.1 Å². The fourth-order valence-electron chi connectivity index (χ4n) is 3.21. The third-order valence-electron chi connectivity index (χ3n) is 5.27. The highest BCUT2D eigenvalue weighted by atomic mass is 16.5. The molecule has 196 valence electrons.